The summed E-state index contributed by atoms with van der Waals surface area (Å²) in [5.41, 5.74) is 1.77. The molecule has 17 heavy (non-hydrogen) atoms. The van der Waals surface area contributed by atoms with Crippen LogP contribution in [0.2, 0.25) is 0 Å². The van der Waals surface area contributed by atoms with Crippen molar-refractivity contribution in [3.63, 3.8) is 0 Å². The van der Waals surface area contributed by atoms with Gasteiger partial charge in [-0.25, -0.2) is 4.39 Å². The van der Waals surface area contributed by atoms with Crippen LogP contribution >= 0.6 is 15.9 Å². The molecule has 0 aliphatic carbocycles. The molecule has 88 valence electrons. The highest BCUT2D eigenvalue weighted by Crippen LogP contribution is 2.24. The smallest absolute Gasteiger partial charge is 0.147 e. The van der Waals surface area contributed by atoms with Crippen LogP contribution in [0.15, 0.2) is 53.0 Å². The zero-order chi connectivity index (χ0) is 12.1. The summed E-state index contributed by atoms with van der Waals surface area (Å²) in [5, 5.41) is 3.11. The van der Waals surface area contributed by atoms with Crippen LogP contribution in [0.3, 0.4) is 0 Å². The van der Waals surface area contributed by atoms with E-state index in [9.17, 15) is 4.39 Å². The number of para-hydroxylation sites is 1. The van der Waals surface area contributed by atoms with Gasteiger partial charge in [-0.2, -0.15) is 0 Å². The fourth-order valence-corrected chi connectivity index (χ4v) is 2.13. The largest absolute Gasteiger partial charge is 0.381 e. The SMILES string of the molecule is Fc1cccc(Br)c1NCCc1ccccc1. The van der Waals surface area contributed by atoms with E-state index in [4.69, 9.17) is 0 Å². The molecular formula is C14H13BrFN. The van der Waals surface area contributed by atoms with Gasteiger partial charge in [0.15, 0.2) is 0 Å². The van der Waals surface area contributed by atoms with Crippen molar-refractivity contribution in [1.82, 2.24) is 0 Å². The molecule has 2 aromatic rings. The Morgan fingerprint density at radius 1 is 1.00 bits per heavy atom. The number of hydrogen-bond donors (Lipinski definition) is 1. The molecule has 0 aromatic heterocycles. The van der Waals surface area contributed by atoms with E-state index in [-0.39, 0.29) is 5.82 Å². The normalized spacial score (nSPS) is 10.2. The molecule has 0 aliphatic rings. The lowest BCUT2D eigenvalue weighted by Gasteiger charge is -2.09. The summed E-state index contributed by atoms with van der Waals surface area (Å²) >= 11 is 3.33. The zero-order valence-corrected chi connectivity index (χ0v) is 10.9. The molecule has 0 bridgehead atoms. The molecule has 0 atom stereocenters. The Balaban J connectivity index is 1.95. The second-order valence-corrected chi connectivity index (χ2v) is 4.61. The number of anilines is 1. The lowest BCUT2D eigenvalue weighted by atomic mass is 10.1. The van der Waals surface area contributed by atoms with E-state index < -0.39 is 0 Å². The summed E-state index contributed by atoms with van der Waals surface area (Å²) in [7, 11) is 0. The first kappa shape index (κ1) is 12.1. The molecule has 3 heteroatoms. The Kier molecular flexibility index (Phi) is 4.15. The Morgan fingerprint density at radius 2 is 1.76 bits per heavy atom. The third-order valence-electron chi connectivity index (χ3n) is 2.52. The second kappa shape index (κ2) is 5.82. The van der Waals surface area contributed by atoms with Gasteiger partial charge in [0, 0.05) is 11.0 Å². The highest BCUT2D eigenvalue weighted by Gasteiger charge is 2.04. The molecule has 0 spiro atoms. The van der Waals surface area contributed by atoms with Crippen LogP contribution in [0.1, 0.15) is 5.56 Å². The van der Waals surface area contributed by atoms with Gasteiger partial charge in [0.05, 0.1) is 5.69 Å². The molecule has 1 nitrogen and oxygen atoms in total. The van der Waals surface area contributed by atoms with Crippen molar-refractivity contribution in [3.05, 3.63) is 64.4 Å². The molecule has 0 saturated carbocycles. The maximum absolute atomic E-state index is 13.5. The minimum atomic E-state index is -0.229. The van der Waals surface area contributed by atoms with Crippen LogP contribution in [-0.4, -0.2) is 6.54 Å². The van der Waals surface area contributed by atoms with Gasteiger partial charge in [-0.15, -0.1) is 0 Å². The first-order valence-corrected chi connectivity index (χ1v) is 6.28. The van der Waals surface area contributed by atoms with E-state index in [2.05, 4.69) is 33.4 Å². The van der Waals surface area contributed by atoms with Gasteiger partial charge in [-0.3, -0.25) is 0 Å². The van der Waals surface area contributed by atoms with E-state index in [1.165, 1.54) is 11.6 Å². The maximum Gasteiger partial charge on any atom is 0.147 e. The van der Waals surface area contributed by atoms with Crippen LogP contribution in [-0.2, 0) is 6.42 Å². The van der Waals surface area contributed by atoms with E-state index in [0.29, 0.717) is 12.2 Å². The van der Waals surface area contributed by atoms with Crippen LogP contribution in [0.25, 0.3) is 0 Å². The van der Waals surface area contributed by atoms with Crippen LogP contribution in [0.4, 0.5) is 10.1 Å². The second-order valence-electron chi connectivity index (χ2n) is 3.76. The minimum absolute atomic E-state index is 0.229. The molecule has 2 aromatic carbocycles. The van der Waals surface area contributed by atoms with Gasteiger partial charge in [-0.05, 0) is 40.0 Å². The highest BCUT2D eigenvalue weighted by atomic mass is 79.9. The predicted molar refractivity (Wildman–Crippen MR) is 72.7 cm³/mol. The van der Waals surface area contributed by atoms with Crippen molar-refractivity contribution in [2.75, 3.05) is 11.9 Å². The standard InChI is InChI=1S/C14H13BrFN/c15-12-7-4-8-13(16)14(12)17-10-9-11-5-2-1-3-6-11/h1-8,17H,9-10H2. The van der Waals surface area contributed by atoms with Gasteiger partial charge in [0.2, 0.25) is 0 Å². The Hall–Kier alpha value is -1.35. The lowest BCUT2D eigenvalue weighted by molar-refractivity contribution is 0.629. The maximum atomic E-state index is 13.5. The van der Waals surface area contributed by atoms with Crippen molar-refractivity contribution < 1.29 is 4.39 Å². The van der Waals surface area contributed by atoms with Gasteiger partial charge in [0.1, 0.15) is 5.82 Å². The van der Waals surface area contributed by atoms with Gasteiger partial charge < -0.3 is 5.32 Å². The Bertz CT molecular complexity index is 465. The summed E-state index contributed by atoms with van der Waals surface area (Å²) in [4.78, 5) is 0. The van der Waals surface area contributed by atoms with E-state index >= 15 is 0 Å². The molecular weight excluding hydrogens is 281 g/mol. The number of hydrogen-bond acceptors (Lipinski definition) is 1. The fraction of sp³-hybridized carbons (Fsp3) is 0.143. The van der Waals surface area contributed by atoms with Crippen molar-refractivity contribution in [1.29, 1.82) is 0 Å². The molecule has 0 amide bonds. The molecule has 0 saturated heterocycles. The first-order valence-electron chi connectivity index (χ1n) is 5.49. The third-order valence-corrected chi connectivity index (χ3v) is 3.18. The molecule has 2 rings (SSSR count). The summed E-state index contributed by atoms with van der Waals surface area (Å²) in [5.74, 6) is -0.229. The number of rotatable bonds is 4. The summed E-state index contributed by atoms with van der Waals surface area (Å²) in [6.45, 7) is 0.712. The summed E-state index contributed by atoms with van der Waals surface area (Å²) < 4.78 is 14.2. The van der Waals surface area contributed by atoms with E-state index in [0.717, 1.165) is 10.9 Å². The van der Waals surface area contributed by atoms with Gasteiger partial charge in [-0.1, -0.05) is 36.4 Å². The Morgan fingerprint density at radius 3 is 2.47 bits per heavy atom. The monoisotopic (exact) mass is 293 g/mol. The molecule has 0 fully saturated rings. The van der Waals surface area contributed by atoms with Crippen molar-refractivity contribution >= 4 is 21.6 Å². The summed E-state index contributed by atoms with van der Waals surface area (Å²) in [6, 6.07) is 15.1. The van der Waals surface area contributed by atoms with Crippen molar-refractivity contribution in [2.45, 2.75) is 6.42 Å². The van der Waals surface area contributed by atoms with E-state index in [1.807, 2.05) is 24.3 Å². The quantitative estimate of drug-likeness (QED) is 0.889. The first-order chi connectivity index (χ1) is 8.27. The molecule has 0 heterocycles. The average molecular weight is 294 g/mol. The number of halogens is 2. The zero-order valence-electron chi connectivity index (χ0n) is 9.29. The summed E-state index contributed by atoms with van der Waals surface area (Å²) in [6.07, 6.45) is 0.877. The Labute approximate surface area is 109 Å². The van der Waals surface area contributed by atoms with Crippen LogP contribution < -0.4 is 5.32 Å². The van der Waals surface area contributed by atoms with Crippen molar-refractivity contribution in [3.8, 4) is 0 Å². The van der Waals surface area contributed by atoms with Crippen LogP contribution in [0.5, 0.6) is 0 Å². The highest BCUT2D eigenvalue weighted by molar-refractivity contribution is 9.10. The van der Waals surface area contributed by atoms with Crippen molar-refractivity contribution in [2.24, 2.45) is 0 Å². The third kappa shape index (κ3) is 3.30. The molecule has 0 unspecified atom stereocenters. The number of benzene rings is 2. The average Bonchev–Trinajstić information content (AvgIpc) is 2.34. The molecule has 0 radical (unpaired) electrons. The molecule has 1 N–H and O–H groups in total. The predicted octanol–water partition coefficient (Wildman–Crippen LogP) is 4.24. The van der Waals surface area contributed by atoms with Gasteiger partial charge in [0.25, 0.3) is 0 Å². The minimum Gasteiger partial charge on any atom is -0.381 e. The topological polar surface area (TPSA) is 12.0 Å². The van der Waals surface area contributed by atoms with Gasteiger partial charge >= 0.3 is 0 Å². The number of nitrogens with one attached hydrogen (secondary N) is 1. The lowest BCUT2D eigenvalue weighted by Crippen LogP contribution is -2.06. The van der Waals surface area contributed by atoms with Crippen LogP contribution in [0, 0.1) is 5.82 Å². The molecule has 0 aliphatic heterocycles. The fourth-order valence-electron chi connectivity index (χ4n) is 1.64. The van der Waals surface area contributed by atoms with E-state index in [1.54, 1.807) is 6.07 Å².